The van der Waals surface area contributed by atoms with E-state index in [1.165, 1.54) is 11.1 Å². The number of hydrogen-bond donors (Lipinski definition) is 1. The molecule has 19 heavy (non-hydrogen) atoms. The van der Waals surface area contributed by atoms with Crippen molar-refractivity contribution in [2.45, 2.75) is 52.2 Å². The fraction of sp³-hybridized carbons (Fsp3) is 0.625. The van der Waals surface area contributed by atoms with Crippen molar-refractivity contribution in [3.8, 4) is 0 Å². The van der Waals surface area contributed by atoms with Gasteiger partial charge in [0.05, 0.1) is 5.60 Å². The highest BCUT2D eigenvalue weighted by Gasteiger charge is 2.21. The number of methoxy groups -OCH3 is 1. The van der Waals surface area contributed by atoms with Crippen LogP contribution in [0.1, 0.15) is 50.8 Å². The van der Waals surface area contributed by atoms with Gasteiger partial charge in [0.15, 0.2) is 0 Å². The van der Waals surface area contributed by atoms with E-state index in [4.69, 9.17) is 16.3 Å². The number of rotatable bonds is 7. The second kappa shape index (κ2) is 7.28. The molecule has 1 aromatic carbocycles. The molecule has 1 aromatic rings. The van der Waals surface area contributed by atoms with Gasteiger partial charge in [-0.1, -0.05) is 30.7 Å². The summed E-state index contributed by atoms with van der Waals surface area (Å²) in [7, 11) is 1.77. The summed E-state index contributed by atoms with van der Waals surface area (Å²) < 4.78 is 5.50. The third-order valence-corrected chi connectivity index (χ3v) is 4.13. The van der Waals surface area contributed by atoms with Crippen molar-refractivity contribution >= 4 is 11.6 Å². The Labute approximate surface area is 122 Å². The van der Waals surface area contributed by atoms with Crippen molar-refractivity contribution in [3.63, 3.8) is 0 Å². The molecule has 3 heteroatoms. The lowest BCUT2D eigenvalue weighted by Gasteiger charge is -2.27. The SMILES string of the molecule is CCNC(CCC(C)(C)OC)c1cccc(Cl)c1C. The maximum absolute atomic E-state index is 6.22. The van der Waals surface area contributed by atoms with Crippen LogP contribution in [-0.4, -0.2) is 19.3 Å². The Hall–Kier alpha value is -0.570. The average molecular weight is 284 g/mol. The lowest BCUT2D eigenvalue weighted by atomic mass is 9.92. The standard InChI is InChI=1S/C16H26ClNO/c1-6-18-15(10-11-16(3,4)19-5)13-8-7-9-14(17)12(13)2/h7-9,15,18H,6,10-11H2,1-5H3. The molecule has 0 aliphatic heterocycles. The highest BCUT2D eigenvalue weighted by atomic mass is 35.5. The third kappa shape index (κ3) is 4.79. The second-order valence-electron chi connectivity index (χ2n) is 5.57. The van der Waals surface area contributed by atoms with E-state index < -0.39 is 0 Å². The molecule has 2 nitrogen and oxygen atoms in total. The maximum Gasteiger partial charge on any atom is 0.0623 e. The number of nitrogens with one attached hydrogen (secondary N) is 1. The van der Waals surface area contributed by atoms with E-state index in [9.17, 15) is 0 Å². The molecule has 1 atom stereocenters. The van der Waals surface area contributed by atoms with Gasteiger partial charge < -0.3 is 10.1 Å². The van der Waals surface area contributed by atoms with Crippen LogP contribution in [0.4, 0.5) is 0 Å². The van der Waals surface area contributed by atoms with Gasteiger partial charge in [-0.05, 0) is 57.4 Å². The Kier molecular flexibility index (Phi) is 6.31. The maximum atomic E-state index is 6.22. The minimum absolute atomic E-state index is 0.0832. The summed E-state index contributed by atoms with van der Waals surface area (Å²) in [6, 6.07) is 6.46. The Morgan fingerprint density at radius 1 is 1.37 bits per heavy atom. The summed E-state index contributed by atoms with van der Waals surface area (Å²) in [5, 5.41) is 4.39. The average Bonchev–Trinajstić information content (AvgIpc) is 2.38. The van der Waals surface area contributed by atoms with E-state index in [0.717, 1.165) is 24.4 Å². The third-order valence-electron chi connectivity index (χ3n) is 3.72. The quantitative estimate of drug-likeness (QED) is 0.795. The van der Waals surface area contributed by atoms with Crippen molar-refractivity contribution in [1.82, 2.24) is 5.32 Å². The summed E-state index contributed by atoms with van der Waals surface area (Å²) in [4.78, 5) is 0. The molecule has 1 rings (SSSR count). The monoisotopic (exact) mass is 283 g/mol. The summed E-state index contributed by atoms with van der Waals surface area (Å²) >= 11 is 6.22. The molecule has 0 heterocycles. The number of hydrogen-bond acceptors (Lipinski definition) is 2. The molecule has 0 amide bonds. The number of benzene rings is 1. The lowest BCUT2D eigenvalue weighted by molar-refractivity contribution is 0.0117. The molecule has 0 aliphatic carbocycles. The Morgan fingerprint density at radius 2 is 2.05 bits per heavy atom. The molecule has 0 spiro atoms. The lowest BCUT2D eigenvalue weighted by Crippen LogP contribution is -2.27. The van der Waals surface area contributed by atoms with Crippen LogP contribution in [0.2, 0.25) is 5.02 Å². The number of halogens is 1. The number of ether oxygens (including phenoxy) is 1. The summed E-state index contributed by atoms with van der Waals surface area (Å²) in [6.45, 7) is 9.42. The van der Waals surface area contributed by atoms with Gasteiger partial charge in [0.2, 0.25) is 0 Å². The first-order valence-corrected chi connectivity index (χ1v) is 7.32. The van der Waals surface area contributed by atoms with E-state index in [1.54, 1.807) is 7.11 Å². The normalized spacial score (nSPS) is 13.6. The van der Waals surface area contributed by atoms with Crippen LogP contribution in [-0.2, 0) is 4.74 Å². The fourth-order valence-corrected chi connectivity index (χ4v) is 2.39. The zero-order valence-electron chi connectivity index (χ0n) is 12.7. The molecule has 1 N–H and O–H groups in total. The Bertz CT molecular complexity index is 404. The van der Waals surface area contributed by atoms with Gasteiger partial charge in [0, 0.05) is 18.2 Å². The van der Waals surface area contributed by atoms with Gasteiger partial charge in [0.1, 0.15) is 0 Å². The van der Waals surface area contributed by atoms with E-state index in [0.29, 0.717) is 6.04 Å². The van der Waals surface area contributed by atoms with Crippen LogP contribution in [0.25, 0.3) is 0 Å². The molecule has 108 valence electrons. The minimum atomic E-state index is -0.0832. The first-order chi connectivity index (χ1) is 8.91. The van der Waals surface area contributed by atoms with Crippen molar-refractivity contribution in [2.24, 2.45) is 0 Å². The smallest absolute Gasteiger partial charge is 0.0623 e. The highest BCUT2D eigenvalue weighted by Crippen LogP contribution is 2.29. The van der Waals surface area contributed by atoms with Crippen LogP contribution >= 0.6 is 11.6 Å². The van der Waals surface area contributed by atoms with Crippen molar-refractivity contribution < 1.29 is 4.74 Å². The van der Waals surface area contributed by atoms with E-state index in [2.05, 4.69) is 39.1 Å². The topological polar surface area (TPSA) is 21.3 Å². The Balaban J connectivity index is 2.85. The molecule has 0 bridgehead atoms. The molecule has 1 unspecified atom stereocenters. The second-order valence-corrected chi connectivity index (χ2v) is 5.97. The molecule has 0 radical (unpaired) electrons. The van der Waals surface area contributed by atoms with Crippen LogP contribution in [0.15, 0.2) is 18.2 Å². The van der Waals surface area contributed by atoms with Crippen LogP contribution < -0.4 is 5.32 Å². The van der Waals surface area contributed by atoms with Crippen LogP contribution in [0.3, 0.4) is 0 Å². The predicted octanol–water partition coefficient (Wildman–Crippen LogP) is 4.50. The zero-order valence-corrected chi connectivity index (χ0v) is 13.5. The summed E-state index contributed by atoms with van der Waals surface area (Å²) in [6.07, 6.45) is 2.04. The van der Waals surface area contributed by atoms with Gasteiger partial charge in [-0.25, -0.2) is 0 Å². The Morgan fingerprint density at radius 3 is 2.63 bits per heavy atom. The first-order valence-electron chi connectivity index (χ1n) is 6.95. The molecule has 0 fully saturated rings. The molecular weight excluding hydrogens is 258 g/mol. The predicted molar refractivity (Wildman–Crippen MR) is 82.9 cm³/mol. The van der Waals surface area contributed by atoms with Gasteiger partial charge in [-0.2, -0.15) is 0 Å². The summed E-state index contributed by atoms with van der Waals surface area (Å²) in [5.41, 5.74) is 2.38. The van der Waals surface area contributed by atoms with Crippen molar-refractivity contribution in [2.75, 3.05) is 13.7 Å². The largest absolute Gasteiger partial charge is 0.379 e. The van der Waals surface area contributed by atoms with Gasteiger partial charge in [-0.3, -0.25) is 0 Å². The van der Waals surface area contributed by atoms with Crippen molar-refractivity contribution in [1.29, 1.82) is 0 Å². The molecule has 0 saturated carbocycles. The van der Waals surface area contributed by atoms with Gasteiger partial charge >= 0.3 is 0 Å². The van der Waals surface area contributed by atoms with E-state index >= 15 is 0 Å². The van der Waals surface area contributed by atoms with Gasteiger partial charge in [-0.15, -0.1) is 0 Å². The van der Waals surface area contributed by atoms with Crippen LogP contribution in [0, 0.1) is 6.92 Å². The highest BCUT2D eigenvalue weighted by molar-refractivity contribution is 6.31. The minimum Gasteiger partial charge on any atom is -0.379 e. The fourth-order valence-electron chi connectivity index (χ4n) is 2.21. The van der Waals surface area contributed by atoms with Crippen LogP contribution in [0.5, 0.6) is 0 Å². The molecular formula is C16H26ClNO. The van der Waals surface area contributed by atoms with E-state index in [-0.39, 0.29) is 5.60 Å². The molecule has 0 saturated heterocycles. The van der Waals surface area contributed by atoms with Gasteiger partial charge in [0.25, 0.3) is 0 Å². The zero-order chi connectivity index (χ0) is 14.5. The van der Waals surface area contributed by atoms with E-state index in [1.807, 2.05) is 12.1 Å². The van der Waals surface area contributed by atoms with Crippen molar-refractivity contribution in [3.05, 3.63) is 34.3 Å². The molecule has 0 aliphatic rings. The molecule has 0 aromatic heterocycles. The summed E-state index contributed by atoms with van der Waals surface area (Å²) in [5.74, 6) is 0. The first kappa shape index (κ1) is 16.5.